The number of nitrogens with zero attached hydrogens (tertiary/aromatic N) is 3. The van der Waals surface area contributed by atoms with E-state index >= 15 is 0 Å². The number of carbonyl (C=O) groups is 3. The number of carbonyl (C=O) groups excluding carboxylic acids is 3. The fraction of sp³-hybridized carbons (Fsp3) is 0.222. The number of para-hydroxylation sites is 1. The highest BCUT2D eigenvalue weighted by Crippen LogP contribution is 2.35. The molecule has 11 heteroatoms. The van der Waals surface area contributed by atoms with Gasteiger partial charge in [0.1, 0.15) is 23.1 Å². The molecule has 11 nitrogen and oxygen atoms in total. The van der Waals surface area contributed by atoms with E-state index < -0.39 is 5.91 Å². The van der Waals surface area contributed by atoms with E-state index in [1.807, 2.05) is 11.0 Å². The number of anilines is 3. The van der Waals surface area contributed by atoms with Crippen LogP contribution < -0.4 is 31.2 Å². The quantitative estimate of drug-likeness (QED) is 0.325. The molecule has 1 saturated heterocycles. The molecule has 5 N–H and O–H groups in total. The summed E-state index contributed by atoms with van der Waals surface area (Å²) in [6.07, 6.45) is 4.12. The van der Waals surface area contributed by atoms with Crippen LogP contribution >= 0.6 is 0 Å². The summed E-state index contributed by atoms with van der Waals surface area (Å²) in [5.41, 5.74) is 13.0. The number of ether oxygens (including phenoxy) is 2. The van der Waals surface area contributed by atoms with Crippen molar-refractivity contribution in [2.24, 2.45) is 11.5 Å². The third-order valence-electron chi connectivity index (χ3n) is 6.14. The minimum atomic E-state index is -0.775. The number of hydrogen-bond donors (Lipinski definition) is 3. The van der Waals surface area contributed by atoms with E-state index in [1.54, 1.807) is 36.4 Å². The largest absolute Gasteiger partial charge is 0.494 e. The molecule has 4 rings (SSSR count). The molecule has 1 aliphatic heterocycles. The Morgan fingerprint density at radius 3 is 2.68 bits per heavy atom. The zero-order valence-corrected chi connectivity index (χ0v) is 20.8. The van der Waals surface area contributed by atoms with Gasteiger partial charge in [0.15, 0.2) is 5.78 Å². The van der Waals surface area contributed by atoms with Crippen molar-refractivity contribution in [2.45, 2.75) is 25.3 Å². The molecule has 0 aliphatic carbocycles. The Morgan fingerprint density at radius 2 is 1.97 bits per heavy atom. The third-order valence-corrected chi connectivity index (χ3v) is 6.14. The Balaban J connectivity index is 1.63. The van der Waals surface area contributed by atoms with Crippen LogP contribution in [0, 0.1) is 0 Å². The number of aromatic nitrogens is 2. The number of rotatable bonds is 11. The molecule has 0 radical (unpaired) electrons. The van der Waals surface area contributed by atoms with Gasteiger partial charge in [0.2, 0.25) is 17.7 Å². The topological polar surface area (TPSA) is 163 Å². The zero-order chi connectivity index (χ0) is 27.2. The number of allylic oxidation sites excluding steroid dienone is 1. The van der Waals surface area contributed by atoms with Crippen LogP contribution in [0.2, 0.25) is 0 Å². The molecule has 3 aromatic rings. The van der Waals surface area contributed by atoms with Crippen molar-refractivity contribution in [3.63, 3.8) is 0 Å². The minimum absolute atomic E-state index is 0.0331. The van der Waals surface area contributed by atoms with Crippen molar-refractivity contribution in [3.05, 3.63) is 72.4 Å². The lowest BCUT2D eigenvalue weighted by Gasteiger charge is -2.25. The molecule has 0 saturated carbocycles. The summed E-state index contributed by atoms with van der Waals surface area (Å²) in [7, 11) is 1.52. The normalized spacial score (nSPS) is 14.6. The molecule has 0 unspecified atom stereocenters. The second-order valence-electron chi connectivity index (χ2n) is 8.60. The maximum absolute atomic E-state index is 12.0. The van der Waals surface area contributed by atoms with Gasteiger partial charge in [0, 0.05) is 36.5 Å². The van der Waals surface area contributed by atoms with Crippen LogP contribution in [0.5, 0.6) is 17.4 Å². The number of nitrogens with two attached hydrogens (primary N) is 2. The van der Waals surface area contributed by atoms with Crippen LogP contribution in [0.4, 0.5) is 17.3 Å². The highest BCUT2D eigenvalue weighted by Gasteiger charge is 2.29. The smallest absolute Gasteiger partial charge is 0.255 e. The highest BCUT2D eigenvalue weighted by molar-refractivity contribution is 5.95. The van der Waals surface area contributed by atoms with Gasteiger partial charge in [-0.15, -0.1) is 0 Å². The van der Waals surface area contributed by atoms with Gasteiger partial charge in [0.05, 0.1) is 12.8 Å². The molecule has 2 amide bonds. The molecule has 1 aromatic heterocycles. The van der Waals surface area contributed by atoms with Crippen LogP contribution in [0.1, 0.15) is 28.8 Å². The van der Waals surface area contributed by atoms with Gasteiger partial charge in [-0.1, -0.05) is 24.8 Å². The van der Waals surface area contributed by atoms with E-state index in [1.165, 1.54) is 19.4 Å². The lowest BCUT2D eigenvalue weighted by molar-refractivity contribution is -0.119. The molecule has 0 spiro atoms. The summed E-state index contributed by atoms with van der Waals surface area (Å²) >= 11 is 0. The summed E-state index contributed by atoms with van der Waals surface area (Å²) in [4.78, 5) is 46.3. The summed E-state index contributed by atoms with van der Waals surface area (Å²) < 4.78 is 11.5. The molecular weight excluding hydrogens is 488 g/mol. The molecule has 196 valence electrons. The first-order chi connectivity index (χ1) is 18.3. The molecule has 2 heterocycles. The minimum Gasteiger partial charge on any atom is -0.494 e. The van der Waals surface area contributed by atoms with Gasteiger partial charge in [-0.3, -0.25) is 14.4 Å². The predicted octanol–water partition coefficient (Wildman–Crippen LogP) is 2.87. The first-order valence-corrected chi connectivity index (χ1v) is 11.9. The van der Waals surface area contributed by atoms with Crippen molar-refractivity contribution in [3.8, 4) is 17.4 Å². The standard InChI is InChI=1S/C27H28N6O5/c1-3-18(34)13-16-7-4-5-9-22(16)38-26-19(24(28)35)15-30-27(32-26)31-20-11-10-17(14-23(20)37-2)33-12-6-8-21(33)25(29)36/h3-5,7,9-11,14-15,21H,1,6,8,12-13H2,2H3,(H2,28,35)(H2,29,36)(H,30,31,32)/t21-/m1/s1. The average Bonchev–Trinajstić information content (AvgIpc) is 3.40. The van der Waals surface area contributed by atoms with Crippen LogP contribution in [0.3, 0.4) is 0 Å². The van der Waals surface area contributed by atoms with Crippen LogP contribution in [0.15, 0.2) is 61.3 Å². The van der Waals surface area contributed by atoms with Crippen molar-refractivity contribution < 1.29 is 23.9 Å². The lowest BCUT2D eigenvalue weighted by atomic mass is 10.1. The van der Waals surface area contributed by atoms with Crippen LogP contribution in [-0.4, -0.2) is 47.3 Å². The van der Waals surface area contributed by atoms with Gasteiger partial charge >= 0.3 is 0 Å². The van der Waals surface area contributed by atoms with E-state index in [-0.39, 0.29) is 41.5 Å². The number of ketones is 1. The van der Waals surface area contributed by atoms with Crippen molar-refractivity contribution in [1.82, 2.24) is 9.97 Å². The van der Waals surface area contributed by atoms with Gasteiger partial charge in [-0.2, -0.15) is 4.98 Å². The number of hydrogen-bond acceptors (Lipinski definition) is 9. The molecular formula is C27H28N6O5. The van der Waals surface area contributed by atoms with E-state index in [4.69, 9.17) is 20.9 Å². The van der Waals surface area contributed by atoms with Crippen LogP contribution in [0.25, 0.3) is 0 Å². The fourth-order valence-corrected chi connectivity index (χ4v) is 4.24. The summed E-state index contributed by atoms with van der Waals surface area (Å²) in [5, 5.41) is 3.07. The Bertz CT molecular complexity index is 1390. The number of nitrogens with one attached hydrogen (secondary N) is 1. The average molecular weight is 517 g/mol. The molecule has 1 aliphatic rings. The second kappa shape index (κ2) is 11.4. The van der Waals surface area contributed by atoms with Crippen molar-refractivity contribution in [2.75, 3.05) is 23.9 Å². The Labute approximate surface area is 219 Å². The van der Waals surface area contributed by atoms with Gasteiger partial charge < -0.3 is 31.2 Å². The molecule has 1 atom stereocenters. The van der Waals surface area contributed by atoms with Crippen molar-refractivity contribution in [1.29, 1.82) is 0 Å². The summed E-state index contributed by atoms with van der Waals surface area (Å²) in [6.45, 7) is 4.21. The summed E-state index contributed by atoms with van der Waals surface area (Å²) in [6, 6.07) is 11.9. The SMILES string of the molecule is C=CC(=O)Cc1ccccc1Oc1nc(Nc2ccc(N3CCC[C@@H]3C(N)=O)cc2OC)ncc1C(N)=O. The Kier molecular flexibility index (Phi) is 7.86. The van der Waals surface area contributed by atoms with Crippen LogP contribution in [-0.2, 0) is 16.0 Å². The molecule has 1 fully saturated rings. The van der Waals surface area contributed by atoms with Crippen molar-refractivity contribution >= 4 is 34.9 Å². The molecule has 38 heavy (non-hydrogen) atoms. The molecule has 2 aromatic carbocycles. The number of primary amides is 2. The van der Waals surface area contributed by atoms with E-state index in [0.717, 1.165) is 12.1 Å². The lowest BCUT2D eigenvalue weighted by Crippen LogP contribution is -2.40. The van der Waals surface area contributed by atoms with Gasteiger partial charge in [-0.05, 0) is 37.1 Å². The van der Waals surface area contributed by atoms with E-state index in [9.17, 15) is 14.4 Å². The second-order valence-corrected chi connectivity index (χ2v) is 8.60. The number of benzene rings is 2. The number of methoxy groups -OCH3 is 1. The first-order valence-electron chi connectivity index (χ1n) is 11.9. The highest BCUT2D eigenvalue weighted by atomic mass is 16.5. The van der Waals surface area contributed by atoms with E-state index in [2.05, 4.69) is 21.9 Å². The maximum atomic E-state index is 12.0. The maximum Gasteiger partial charge on any atom is 0.255 e. The van der Waals surface area contributed by atoms with Gasteiger partial charge in [0.25, 0.3) is 5.91 Å². The zero-order valence-electron chi connectivity index (χ0n) is 20.8. The Morgan fingerprint density at radius 1 is 1.18 bits per heavy atom. The predicted molar refractivity (Wildman–Crippen MR) is 142 cm³/mol. The van der Waals surface area contributed by atoms with Gasteiger partial charge in [-0.25, -0.2) is 4.98 Å². The Hall–Kier alpha value is -4.93. The monoisotopic (exact) mass is 516 g/mol. The number of amides is 2. The molecule has 0 bridgehead atoms. The third kappa shape index (κ3) is 5.72. The first kappa shape index (κ1) is 26.1. The van der Waals surface area contributed by atoms with E-state index in [0.29, 0.717) is 35.7 Å². The fourth-order valence-electron chi connectivity index (χ4n) is 4.24. The summed E-state index contributed by atoms with van der Waals surface area (Å²) in [5.74, 6) is -0.468.